The van der Waals surface area contributed by atoms with Gasteiger partial charge in [-0.2, -0.15) is 0 Å². The van der Waals surface area contributed by atoms with Gasteiger partial charge in [0.1, 0.15) is 0 Å². The van der Waals surface area contributed by atoms with Crippen molar-refractivity contribution in [2.45, 2.75) is 53.5 Å². The van der Waals surface area contributed by atoms with E-state index in [2.05, 4.69) is 41.5 Å². The van der Waals surface area contributed by atoms with E-state index in [1.807, 2.05) is 0 Å². The van der Waals surface area contributed by atoms with Crippen molar-refractivity contribution in [3.8, 4) is 0 Å². The van der Waals surface area contributed by atoms with Crippen LogP contribution in [0.3, 0.4) is 0 Å². The molecule has 0 rings (SSSR count). The normalized spacial score (nSPS) is 11.8. The predicted molar refractivity (Wildman–Crippen MR) is 64.7 cm³/mol. The molecule has 0 aliphatic rings. The standard InChI is InChI=1S/3C4H9.Tl/c3*1-4(2)3;/h3*4H,1H2,2-3H3;. The molecule has 78 valence electrons. The Hall–Kier alpha value is 0.922. The Balaban J connectivity index is 3.87. The average Bonchev–Trinajstić information content (AvgIpc) is 1.80. The molecule has 0 fully saturated rings. The molecule has 0 saturated heterocycles. The fraction of sp³-hybridized carbons (Fsp3) is 1.00. The molecule has 0 aromatic rings. The van der Waals surface area contributed by atoms with Gasteiger partial charge in [-0.3, -0.25) is 0 Å². The molecule has 0 aliphatic carbocycles. The summed E-state index contributed by atoms with van der Waals surface area (Å²) >= 11 is -1.23. The van der Waals surface area contributed by atoms with Crippen LogP contribution in [0.15, 0.2) is 0 Å². The van der Waals surface area contributed by atoms with E-state index >= 15 is 0 Å². The second-order valence-corrected chi connectivity index (χ2v) is 18.0. The first-order valence-corrected chi connectivity index (χ1v) is 15.4. The van der Waals surface area contributed by atoms with Crippen molar-refractivity contribution in [1.29, 1.82) is 0 Å². The van der Waals surface area contributed by atoms with Gasteiger partial charge in [0.15, 0.2) is 0 Å². The summed E-state index contributed by atoms with van der Waals surface area (Å²) in [5.74, 6) is 2.89. The average molecular weight is 376 g/mol. The molecule has 0 saturated carbocycles. The van der Waals surface area contributed by atoms with Crippen LogP contribution in [0, 0.1) is 17.8 Å². The van der Waals surface area contributed by atoms with Crippen LogP contribution in [0.2, 0.25) is 11.9 Å². The van der Waals surface area contributed by atoms with Gasteiger partial charge >= 0.3 is 93.9 Å². The molecule has 0 heterocycles. The van der Waals surface area contributed by atoms with E-state index in [-0.39, 0.29) is 0 Å². The fourth-order valence-corrected chi connectivity index (χ4v) is 20.1. The zero-order chi connectivity index (χ0) is 10.4. The van der Waals surface area contributed by atoms with Gasteiger partial charge in [0, 0.05) is 0 Å². The topological polar surface area (TPSA) is 0 Å². The molecule has 0 N–H and O–H groups in total. The second-order valence-electron chi connectivity index (χ2n) is 5.75. The molecule has 0 amide bonds. The third-order valence-corrected chi connectivity index (χ3v) is 21.2. The Morgan fingerprint density at radius 3 is 1.00 bits per heavy atom. The van der Waals surface area contributed by atoms with Gasteiger partial charge in [-0.15, -0.1) is 0 Å². The van der Waals surface area contributed by atoms with Crippen LogP contribution in [0.5, 0.6) is 0 Å². The summed E-state index contributed by atoms with van der Waals surface area (Å²) in [4.78, 5) is 0. The minimum absolute atomic E-state index is 0.962. The summed E-state index contributed by atoms with van der Waals surface area (Å²) in [5.41, 5.74) is 0. The van der Waals surface area contributed by atoms with Crippen molar-refractivity contribution in [2.75, 3.05) is 0 Å². The van der Waals surface area contributed by atoms with E-state index in [1.54, 1.807) is 11.9 Å². The van der Waals surface area contributed by atoms with Gasteiger partial charge in [0.25, 0.3) is 0 Å². The first kappa shape index (κ1) is 13.9. The SMILES string of the molecule is CC(C)[CH2][Tl]([CH2]C(C)C)[CH2]C(C)C. The molecule has 0 aliphatic heterocycles. The molecular weight excluding hydrogens is 349 g/mol. The second kappa shape index (κ2) is 7.24. The van der Waals surface area contributed by atoms with Crippen LogP contribution in [-0.4, -0.2) is 22.7 Å². The van der Waals surface area contributed by atoms with Crippen molar-refractivity contribution >= 4 is 22.7 Å². The first-order chi connectivity index (χ1) is 5.91. The molecule has 0 radical (unpaired) electrons. The summed E-state index contributed by atoms with van der Waals surface area (Å²) in [6, 6.07) is 0. The number of hydrogen-bond acceptors (Lipinski definition) is 0. The molecule has 1 heteroatoms. The Morgan fingerprint density at radius 2 is 0.846 bits per heavy atom. The molecule has 13 heavy (non-hydrogen) atoms. The summed E-state index contributed by atoms with van der Waals surface area (Å²) in [7, 11) is 0. The Labute approximate surface area is 93.6 Å². The maximum atomic E-state index is 2.40. The van der Waals surface area contributed by atoms with E-state index in [4.69, 9.17) is 0 Å². The van der Waals surface area contributed by atoms with Gasteiger partial charge in [0.2, 0.25) is 0 Å². The Bertz CT molecular complexity index is 92.5. The van der Waals surface area contributed by atoms with Gasteiger partial charge < -0.3 is 0 Å². The molecule has 0 atom stereocenters. The molecule has 0 nitrogen and oxygen atoms in total. The van der Waals surface area contributed by atoms with Crippen LogP contribution in [-0.2, 0) is 0 Å². The van der Waals surface area contributed by atoms with Crippen molar-refractivity contribution < 1.29 is 0 Å². The summed E-state index contributed by atoms with van der Waals surface area (Å²) in [6.45, 7) is 14.4. The number of hydrogen-bond donors (Lipinski definition) is 0. The van der Waals surface area contributed by atoms with Crippen molar-refractivity contribution in [2.24, 2.45) is 17.8 Å². The van der Waals surface area contributed by atoms with E-state index in [9.17, 15) is 0 Å². The molecule has 0 unspecified atom stereocenters. The molecule has 0 aromatic heterocycles. The number of rotatable bonds is 6. The third-order valence-electron chi connectivity index (χ3n) is 2.41. The van der Waals surface area contributed by atoms with Gasteiger partial charge in [-0.1, -0.05) is 0 Å². The van der Waals surface area contributed by atoms with Crippen LogP contribution < -0.4 is 0 Å². The van der Waals surface area contributed by atoms with Crippen LogP contribution in [0.4, 0.5) is 0 Å². The molecular formula is C12H27Tl. The summed E-state index contributed by atoms with van der Waals surface area (Å²) in [5, 5.41) is 0. The van der Waals surface area contributed by atoms with Crippen LogP contribution in [0.25, 0.3) is 0 Å². The fourth-order valence-electron chi connectivity index (χ4n) is 2.29. The van der Waals surface area contributed by atoms with Crippen molar-refractivity contribution in [3.05, 3.63) is 0 Å². The Kier molecular flexibility index (Phi) is 7.76. The quantitative estimate of drug-likeness (QED) is 0.602. The van der Waals surface area contributed by atoms with Gasteiger partial charge in [-0.25, -0.2) is 0 Å². The van der Waals surface area contributed by atoms with E-state index in [0.717, 1.165) is 17.8 Å². The predicted octanol–water partition coefficient (Wildman–Crippen LogP) is 4.45. The van der Waals surface area contributed by atoms with Crippen LogP contribution in [0.1, 0.15) is 41.5 Å². The van der Waals surface area contributed by atoms with E-state index in [0.29, 0.717) is 0 Å². The minimum atomic E-state index is -1.23. The molecule has 0 bridgehead atoms. The van der Waals surface area contributed by atoms with Crippen LogP contribution >= 0.6 is 0 Å². The molecule has 0 aromatic carbocycles. The van der Waals surface area contributed by atoms with E-state index < -0.39 is 22.7 Å². The van der Waals surface area contributed by atoms with Gasteiger partial charge in [0.05, 0.1) is 0 Å². The van der Waals surface area contributed by atoms with Crippen molar-refractivity contribution in [3.63, 3.8) is 0 Å². The summed E-state index contributed by atoms with van der Waals surface area (Å²) in [6.07, 6.45) is 0. The zero-order valence-corrected chi connectivity index (χ0v) is 14.9. The third kappa shape index (κ3) is 9.23. The van der Waals surface area contributed by atoms with Crippen molar-refractivity contribution in [1.82, 2.24) is 0 Å². The molecule has 0 spiro atoms. The van der Waals surface area contributed by atoms with Gasteiger partial charge in [-0.05, 0) is 0 Å². The zero-order valence-electron chi connectivity index (χ0n) is 10.4. The summed E-state index contributed by atoms with van der Waals surface area (Å²) < 4.78 is 4.91. The Morgan fingerprint density at radius 1 is 0.615 bits per heavy atom. The van der Waals surface area contributed by atoms with E-state index in [1.165, 1.54) is 0 Å². The maximum absolute atomic E-state index is 2.40. The first-order valence-electron chi connectivity index (χ1n) is 5.91. The monoisotopic (exact) mass is 376 g/mol.